The molecule has 2 N–H and O–H groups in total. The number of aromatic nitrogens is 2. The van der Waals surface area contributed by atoms with Gasteiger partial charge in [0.05, 0.1) is 18.2 Å². The minimum Gasteiger partial charge on any atom is -0.379 e. The molecular formula is C14H18BrN3O2. The molecule has 0 bridgehead atoms. The zero-order valence-corrected chi connectivity index (χ0v) is 13.2. The van der Waals surface area contributed by atoms with Gasteiger partial charge in [0.15, 0.2) is 5.82 Å². The molecule has 2 rings (SSSR count). The van der Waals surface area contributed by atoms with E-state index >= 15 is 0 Å². The van der Waals surface area contributed by atoms with Crippen LogP contribution in [0.3, 0.4) is 0 Å². The molecule has 0 radical (unpaired) electrons. The molecule has 0 saturated carbocycles. The average Bonchev–Trinajstić information content (AvgIpc) is 2.88. The van der Waals surface area contributed by atoms with Gasteiger partial charge in [0.25, 0.3) is 5.89 Å². The fraction of sp³-hybridized carbons (Fsp3) is 0.429. The van der Waals surface area contributed by atoms with Crippen molar-refractivity contribution < 1.29 is 9.26 Å². The molecule has 20 heavy (non-hydrogen) atoms. The van der Waals surface area contributed by atoms with Crippen molar-refractivity contribution in [1.29, 1.82) is 0 Å². The van der Waals surface area contributed by atoms with E-state index < -0.39 is 0 Å². The first-order chi connectivity index (χ1) is 9.61. The Morgan fingerprint density at radius 2 is 2.25 bits per heavy atom. The van der Waals surface area contributed by atoms with E-state index in [-0.39, 0.29) is 6.04 Å². The monoisotopic (exact) mass is 339 g/mol. The summed E-state index contributed by atoms with van der Waals surface area (Å²) in [6.45, 7) is 5.14. The summed E-state index contributed by atoms with van der Waals surface area (Å²) in [6, 6.07) is 5.57. The molecule has 0 aliphatic carbocycles. The molecule has 0 aliphatic heterocycles. The van der Waals surface area contributed by atoms with Crippen LogP contribution in [-0.4, -0.2) is 23.4 Å². The molecule has 0 aliphatic rings. The van der Waals surface area contributed by atoms with Crippen molar-refractivity contribution in [1.82, 2.24) is 10.1 Å². The molecule has 1 aromatic heterocycles. The van der Waals surface area contributed by atoms with Crippen LogP contribution in [0.4, 0.5) is 0 Å². The predicted molar refractivity (Wildman–Crippen MR) is 80.2 cm³/mol. The van der Waals surface area contributed by atoms with Crippen molar-refractivity contribution in [2.24, 2.45) is 5.73 Å². The van der Waals surface area contributed by atoms with Gasteiger partial charge in [0, 0.05) is 11.1 Å². The number of ether oxygens (including phenoxy) is 1. The highest BCUT2D eigenvalue weighted by molar-refractivity contribution is 9.10. The summed E-state index contributed by atoms with van der Waals surface area (Å²) in [7, 11) is 0. The van der Waals surface area contributed by atoms with Crippen LogP contribution in [0.25, 0.3) is 11.5 Å². The summed E-state index contributed by atoms with van der Waals surface area (Å²) in [5.41, 5.74) is 7.98. The molecule has 5 nitrogen and oxygen atoms in total. The summed E-state index contributed by atoms with van der Waals surface area (Å²) < 4.78 is 11.6. The van der Waals surface area contributed by atoms with Crippen LogP contribution in [0.2, 0.25) is 0 Å². The van der Waals surface area contributed by atoms with Crippen molar-refractivity contribution in [2.45, 2.75) is 26.3 Å². The number of rotatable bonds is 6. The fourth-order valence-electron chi connectivity index (χ4n) is 1.72. The Hall–Kier alpha value is -1.24. The number of benzene rings is 1. The van der Waals surface area contributed by atoms with Crippen LogP contribution in [0.5, 0.6) is 0 Å². The third kappa shape index (κ3) is 3.65. The van der Waals surface area contributed by atoms with Crippen LogP contribution in [0.15, 0.2) is 27.2 Å². The van der Waals surface area contributed by atoms with E-state index in [1.165, 1.54) is 0 Å². The van der Waals surface area contributed by atoms with Crippen LogP contribution in [0.1, 0.15) is 30.8 Å². The van der Waals surface area contributed by atoms with Gasteiger partial charge in [-0.2, -0.15) is 4.98 Å². The second kappa shape index (κ2) is 6.97. The first-order valence-corrected chi connectivity index (χ1v) is 7.34. The van der Waals surface area contributed by atoms with Gasteiger partial charge in [-0.05, 0) is 47.0 Å². The largest absolute Gasteiger partial charge is 0.379 e. The van der Waals surface area contributed by atoms with E-state index in [4.69, 9.17) is 15.0 Å². The van der Waals surface area contributed by atoms with Gasteiger partial charge in [-0.25, -0.2) is 0 Å². The van der Waals surface area contributed by atoms with E-state index in [2.05, 4.69) is 26.1 Å². The van der Waals surface area contributed by atoms with Gasteiger partial charge in [-0.1, -0.05) is 18.1 Å². The average molecular weight is 340 g/mol. The van der Waals surface area contributed by atoms with E-state index in [0.29, 0.717) is 24.9 Å². The number of nitrogens with zero attached hydrogens (tertiary/aromatic N) is 2. The second-order valence-corrected chi connectivity index (χ2v) is 5.48. The van der Waals surface area contributed by atoms with Crippen molar-refractivity contribution in [2.75, 3.05) is 13.2 Å². The van der Waals surface area contributed by atoms with Crippen LogP contribution in [0, 0.1) is 6.92 Å². The maximum absolute atomic E-state index is 5.97. The molecule has 0 fully saturated rings. The van der Waals surface area contributed by atoms with Crippen molar-refractivity contribution in [3.05, 3.63) is 34.1 Å². The molecule has 1 unspecified atom stereocenters. The van der Waals surface area contributed by atoms with Gasteiger partial charge in [0.1, 0.15) is 0 Å². The Balaban J connectivity index is 2.12. The molecule has 108 valence electrons. The summed E-state index contributed by atoms with van der Waals surface area (Å²) >= 11 is 3.50. The number of hydrogen-bond acceptors (Lipinski definition) is 5. The Bertz CT molecular complexity index is 571. The summed E-state index contributed by atoms with van der Waals surface area (Å²) in [5.74, 6) is 0.918. The van der Waals surface area contributed by atoms with Gasteiger partial charge >= 0.3 is 0 Å². The molecule has 0 amide bonds. The van der Waals surface area contributed by atoms with Crippen molar-refractivity contribution in [3.8, 4) is 11.5 Å². The smallest absolute Gasteiger partial charge is 0.259 e. The first-order valence-electron chi connectivity index (χ1n) is 6.55. The maximum atomic E-state index is 5.97. The lowest BCUT2D eigenvalue weighted by Crippen LogP contribution is -2.18. The number of halogens is 1. The second-order valence-electron chi connectivity index (χ2n) is 4.62. The SMILES string of the molecule is CCCOCC(N)c1noc(-c2ccc(C)cc2Br)n1. The normalized spacial score (nSPS) is 12.6. The summed E-state index contributed by atoms with van der Waals surface area (Å²) in [4.78, 5) is 4.34. The first kappa shape index (κ1) is 15.2. The van der Waals surface area contributed by atoms with E-state index in [1.807, 2.05) is 32.0 Å². The highest BCUT2D eigenvalue weighted by Gasteiger charge is 2.17. The topological polar surface area (TPSA) is 74.2 Å². The Morgan fingerprint density at radius 1 is 1.45 bits per heavy atom. The van der Waals surface area contributed by atoms with Gasteiger partial charge < -0.3 is 15.0 Å². The molecule has 6 heteroatoms. The van der Waals surface area contributed by atoms with Crippen LogP contribution >= 0.6 is 15.9 Å². The Morgan fingerprint density at radius 3 is 2.95 bits per heavy atom. The Kier molecular flexibility index (Phi) is 5.28. The molecule has 1 heterocycles. The minimum atomic E-state index is -0.372. The highest BCUT2D eigenvalue weighted by atomic mass is 79.9. The molecular weight excluding hydrogens is 322 g/mol. The standard InChI is InChI=1S/C14H18BrN3O2/c1-3-6-19-8-12(16)13-17-14(20-18-13)10-5-4-9(2)7-11(10)15/h4-5,7,12H,3,6,8,16H2,1-2H3. The van der Waals surface area contributed by atoms with Gasteiger partial charge in [0.2, 0.25) is 0 Å². The molecule has 1 atom stereocenters. The predicted octanol–water partition coefficient (Wildman–Crippen LogP) is 3.23. The van der Waals surface area contributed by atoms with E-state index in [1.54, 1.807) is 0 Å². The molecule has 0 saturated heterocycles. The summed E-state index contributed by atoms with van der Waals surface area (Å²) in [6.07, 6.45) is 0.959. The summed E-state index contributed by atoms with van der Waals surface area (Å²) in [5, 5.41) is 3.92. The van der Waals surface area contributed by atoms with E-state index in [9.17, 15) is 0 Å². The third-order valence-electron chi connectivity index (χ3n) is 2.77. The lowest BCUT2D eigenvalue weighted by atomic mass is 10.1. The lowest BCUT2D eigenvalue weighted by molar-refractivity contribution is 0.119. The van der Waals surface area contributed by atoms with Gasteiger partial charge in [-0.3, -0.25) is 0 Å². The fourth-order valence-corrected chi connectivity index (χ4v) is 2.38. The van der Waals surface area contributed by atoms with Crippen molar-refractivity contribution in [3.63, 3.8) is 0 Å². The third-order valence-corrected chi connectivity index (χ3v) is 3.43. The Labute approximate surface area is 126 Å². The van der Waals surface area contributed by atoms with Crippen LogP contribution in [-0.2, 0) is 4.74 Å². The molecule has 1 aromatic carbocycles. The molecule has 0 spiro atoms. The van der Waals surface area contributed by atoms with Gasteiger partial charge in [-0.15, -0.1) is 0 Å². The van der Waals surface area contributed by atoms with Crippen LogP contribution < -0.4 is 5.73 Å². The lowest BCUT2D eigenvalue weighted by Gasteiger charge is -2.06. The zero-order valence-electron chi connectivity index (χ0n) is 11.6. The van der Waals surface area contributed by atoms with E-state index in [0.717, 1.165) is 22.0 Å². The maximum Gasteiger partial charge on any atom is 0.259 e. The number of nitrogens with two attached hydrogens (primary N) is 1. The van der Waals surface area contributed by atoms with Crippen molar-refractivity contribution >= 4 is 15.9 Å². The number of aryl methyl sites for hydroxylation is 1. The minimum absolute atomic E-state index is 0.372. The zero-order chi connectivity index (χ0) is 14.5. The number of hydrogen-bond donors (Lipinski definition) is 1. The molecule has 2 aromatic rings. The highest BCUT2D eigenvalue weighted by Crippen LogP contribution is 2.28. The quantitative estimate of drug-likeness (QED) is 0.817.